The van der Waals surface area contributed by atoms with Crippen molar-refractivity contribution in [2.45, 2.75) is 11.7 Å². The minimum atomic E-state index is -0.323. The third-order valence-corrected chi connectivity index (χ3v) is 3.04. The van der Waals surface area contributed by atoms with Crippen molar-refractivity contribution in [2.24, 2.45) is 0 Å². The first-order valence-electron chi connectivity index (χ1n) is 4.22. The van der Waals surface area contributed by atoms with Gasteiger partial charge in [-0.1, -0.05) is 0 Å². The molecule has 2 atom stereocenters. The van der Waals surface area contributed by atoms with Crippen LogP contribution in [0.15, 0.2) is 23.3 Å². The van der Waals surface area contributed by atoms with Gasteiger partial charge >= 0.3 is 5.69 Å². The van der Waals surface area contributed by atoms with Gasteiger partial charge in [0.2, 0.25) is 0 Å². The number of hydrogen-bond donors (Lipinski definition) is 1. The molecule has 1 N–H and O–H groups in total. The van der Waals surface area contributed by atoms with Gasteiger partial charge in [-0.2, -0.15) is 0 Å². The molecule has 2 heterocycles. The van der Waals surface area contributed by atoms with Crippen molar-refractivity contribution < 1.29 is 9.84 Å². The maximum Gasteiger partial charge on any atom is 0.349 e. The zero-order valence-electron chi connectivity index (χ0n) is 7.37. The highest BCUT2D eigenvalue weighted by atomic mass is 32.2. The molecule has 0 saturated carbocycles. The molecule has 6 heteroatoms. The molecule has 1 aliphatic rings. The summed E-state index contributed by atoms with van der Waals surface area (Å²) >= 11 is 1.49. The first-order valence-corrected chi connectivity index (χ1v) is 5.27. The van der Waals surface area contributed by atoms with Crippen LogP contribution in [0.2, 0.25) is 0 Å². The van der Waals surface area contributed by atoms with Crippen LogP contribution in [0.4, 0.5) is 0 Å². The number of aliphatic hydroxyl groups is 1. The first-order chi connectivity index (χ1) is 6.81. The van der Waals surface area contributed by atoms with Crippen LogP contribution in [-0.2, 0) is 4.74 Å². The highest BCUT2D eigenvalue weighted by Crippen LogP contribution is 2.30. The van der Waals surface area contributed by atoms with Gasteiger partial charge in [0.15, 0.2) is 0 Å². The largest absolute Gasteiger partial charge is 0.393 e. The topological polar surface area (TPSA) is 64.4 Å². The molecule has 2 rings (SSSR count). The molecule has 0 aromatic carbocycles. The van der Waals surface area contributed by atoms with E-state index in [2.05, 4.69) is 4.98 Å². The van der Waals surface area contributed by atoms with Gasteiger partial charge in [0.1, 0.15) is 11.7 Å². The molecular formula is C8H10N2O3S. The molecule has 76 valence electrons. The lowest BCUT2D eigenvalue weighted by molar-refractivity contribution is -0.00634. The quantitative estimate of drug-likeness (QED) is 0.740. The Bertz CT molecular complexity index is 368. The van der Waals surface area contributed by atoms with Crippen molar-refractivity contribution in [3.63, 3.8) is 0 Å². The number of aromatic nitrogens is 2. The van der Waals surface area contributed by atoms with E-state index in [1.54, 1.807) is 12.3 Å². The number of ether oxygens (including phenoxy) is 1. The summed E-state index contributed by atoms with van der Waals surface area (Å²) in [6, 6.07) is 1.68. The molecule has 0 aliphatic carbocycles. The van der Waals surface area contributed by atoms with Crippen molar-refractivity contribution in [1.82, 2.24) is 9.55 Å². The maximum absolute atomic E-state index is 11.3. The van der Waals surface area contributed by atoms with Crippen LogP contribution in [0.5, 0.6) is 0 Å². The average molecular weight is 214 g/mol. The van der Waals surface area contributed by atoms with Crippen molar-refractivity contribution in [3.05, 3.63) is 28.9 Å². The standard InChI is InChI=1S/C8H10N2O3S/c11-4-7-13-6(5-14-7)10-3-1-2-9-8(10)12/h1-3,6-7,11H,4-5H2/t6-,7+/m0/s1. The van der Waals surface area contributed by atoms with Gasteiger partial charge in [-0.25, -0.2) is 9.78 Å². The third-order valence-electron chi connectivity index (χ3n) is 1.93. The van der Waals surface area contributed by atoms with Crippen LogP contribution >= 0.6 is 11.8 Å². The van der Waals surface area contributed by atoms with Crippen LogP contribution in [0.3, 0.4) is 0 Å². The van der Waals surface area contributed by atoms with Gasteiger partial charge in [0.25, 0.3) is 0 Å². The average Bonchev–Trinajstić information content (AvgIpc) is 2.67. The Labute approximate surface area is 84.7 Å². The van der Waals surface area contributed by atoms with Gasteiger partial charge < -0.3 is 9.84 Å². The Morgan fingerprint density at radius 1 is 1.79 bits per heavy atom. The summed E-state index contributed by atoms with van der Waals surface area (Å²) in [4.78, 5) is 14.9. The predicted molar refractivity (Wildman–Crippen MR) is 52.0 cm³/mol. The first kappa shape index (κ1) is 9.70. The summed E-state index contributed by atoms with van der Waals surface area (Å²) < 4.78 is 6.85. The molecular weight excluding hydrogens is 204 g/mol. The Morgan fingerprint density at radius 3 is 3.29 bits per heavy atom. The normalized spacial score (nSPS) is 26.6. The van der Waals surface area contributed by atoms with Gasteiger partial charge in [-0.15, -0.1) is 11.8 Å². The fourth-order valence-corrected chi connectivity index (χ4v) is 2.20. The van der Waals surface area contributed by atoms with E-state index in [0.717, 1.165) is 0 Å². The van der Waals surface area contributed by atoms with Crippen LogP contribution in [0.25, 0.3) is 0 Å². The zero-order valence-corrected chi connectivity index (χ0v) is 8.18. The summed E-state index contributed by atoms with van der Waals surface area (Å²) in [5.74, 6) is 0.664. The van der Waals surface area contributed by atoms with Gasteiger partial charge in [-0.3, -0.25) is 4.57 Å². The van der Waals surface area contributed by atoms with E-state index in [1.165, 1.54) is 22.5 Å². The SMILES string of the molecule is O=c1ncccn1[C@@H]1CS[C@H](CO)O1. The van der Waals surface area contributed by atoms with Gasteiger partial charge in [0.05, 0.1) is 6.61 Å². The molecule has 14 heavy (non-hydrogen) atoms. The Kier molecular flexibility index (Phi) is 2.85. The van der Waals surface area contributed by atoms with Crippen molar-refractivity contribution in [1.29, 1.82) is 0 Å². The number of nitrogens with zero attached hydrogens (tertiary/aromatic N) is 2. The van der Waals surface area contributed by atoms with E-state index in [0.29, 0.717) is 5.75 Å². The monoisotopic (exact) mass is 214 g/mol. The molecule has 1 aromatic rings. The number of aliphatic hydroxyl groups excluding tert-OH is 1. The van der Waals surface area contributed by atoms with Crippen molar-refractivity contribution in [3.8, 4) is 0 Å². The van der Waals surface area contributed by atoms with Crippen LogP contribution < -0.4 is 5.69 Å². The second-order valence-corrected chi connectivity index (χ2v) is 4.04. The van der Waals surface area contributed by atoms with E-state index < -0.39 is 0 Å². The molecule has 0 bridgehead atoms. The second-order valence-electron chi connectivity index (χ2n) is 2.85. The minimum absolute atomic E-state index is 0.0316. The summed E-state index contributed by atoms with van der Waals surface area (Å²) in [7, 11) is 0. The van der Waals surface area contributed by atoms with E-state index in [4.69, 9.17) is 9.84 Å². The third kappa shape index (κ3) is 1.82. The lowest BCUT2D eigenvalue weighted by Gasteiger charge is -2.12. The fraction of sp³-hybridized carbons (Fsp3) is 0.500. The van der Waals surface area contributed by atoms with Crippen LogP contribution in [0, 0.1) is 0 Å². The molecule has 1 fully saturated rings. The Balaban J connectivity index is 2.18. The lowest BCUT2D eigenvalue weighted by Crippen LogP contribution is -2.27. The van der Waals surface area contributed by atoms with Gasteiger partial charge in [0, 0.05) is 18.1 Å². The predicted octanol–water partition coefficient (Wildman–Crippen LogP) is -0.176. The molecule has 0 unspecified atom stereocenters. The highest BCUT2D eigenvalue weighted by molar-refractivity contribution is 8.00. The summed E-state index contributed by atoms with van der Waals surface area (Å²) in [5.41, 5.74) is -0.552. The minimum Gasteiger partial charge on any atom is -0.393 e. The van der Waals surface area contributed by atoms with Crippen molar-refractivity contribution in [2.75, 3.05) is 12.4 Å². The molecule has 0 spiro atoms. The fourth-order valence-electron chi connectivity index (χ4n) is 1.27. The molecule has 0 amide bonds. The van der Waals surface area contributed by atoms with Crippen LogP contribution in [0.1, 0.15) is 6.23 Å². The Morgan fingerprint density at radius 2 is 2.64 bits per heavy atom. The zero-order chi connectivity index (χ0) is 9.97. The van der Waals surface area contributed by atoms with E-state index in [-0.39, 0.29) is 24.0 Å². The summed E-state index contributed by atoms with van der Waals surface area (Å²) in [5, 5.41) is 8.85. The maximum atomic E-state index is 11.3. The molecule has 1 saturated heterocycles. The van der Waals surface area contributed by atoms with E-state index in [9.17, 15) is 4.79 Å². The summed E-state index contributed by atoms with van der Waals surface area (Å²) in [6.07, 6.45) is 2.78. The smallest absolute Gasteiger partial charge is 0.349 e. The van der Waals surface area contributed by atoms with Crippen molar-refractivity contribution >= 4 is 11.8 Å². The second kappa shape index (κ2) is 4.12. The van der Waals surface area contributed by atoms with E-state index >= 15 is 0 Å². The Hall–Kier alpha value is -0.850. The number of hydrogen-bond acceptors (Lipinski definition) is 5. The molecule has 5 nitrogen and oxygen atoms in total. The highest BCUT2D eigenvalue weighted by Gasteiger charge is 2.26. The number of thioether (sulfide) groups is 1. The van der Waals surface area contributed by atoms with Crippen LogP contribution in [-0.4, -0.2) is 32.5 Å². The lowest BCUT2D eigenvalue weighted by atomic mass is 10.5. The molecule has 0 radical (unpaired) electrons. The van der Waals surface area contributed by atoms with E-state index in [1.807, 2.05) is 0 Å². The van der Waals surface area contributed by atoms with Gasteiger partial charge in [-0.05, 0) is 6.07 Å². The number of rotatable bonds is 2. The molecule has 1 aliphatic heterocycles. The molecule has 1 aromatic heterocycles. The summed E-state index contributed by atoms with van der Waals surface area (Å²) in [6.45, 7) is -0.0316.